The molecule has 92 valence electrons. The monoisotopic (exact) mass is 242 g/mol. The number of nitrogens with two attached hydrogens (primary N) is 1. The molecule has 0 aromatic carbocycles. The van der Waals surface area contributed by atoms with Gasteiger partial charge < -0.3 is 11.1 Å². The van der Waals surface area contributed by atoms with Crippen molar-refractivity contribution in [2.24, 2.45) is 17.1 Å². The highest BCUT2D eigenvalue weighted by atomic mass is 32.1. The van der Waals surface area contributed by atoms with Gasteiger partial charge in [-0.15, -0.1) is 0 Å². The second-order valence-electron chi connectivity index (χ2n) is 5.57. The molecule has 3 nitrogen and oxygen atoms in total. The molecule has 3 N–H and O–H groups in total. The van der Waals surface area contributed by atoms with Gasteiger partial charge in [0.2, 0.25) is 5.91 Å². The molecule has 1 amide bonds. The summed E-state index contributed by atoms with van der Waals surface area (Å²) in [4.78, 5) is 12.0. The van der Waals surface area contributed by atoms with Crippen LogP contribution < -0.4 is 11.1 Å². The molecule has 1 unspecified atom stereocenters. The molecular weight excluding hydrogens is 220 g/mol. The topological polar surface area (TPSA) is 55.1 Å². The van der Waals surface area contributed by atoms with Crippen molar-refractivity contribution in [3.05, 3.63) is 0 Å². The number of thiocarbonyl (C=S) groups is 1. The van der Waals surface area contributed by atoms with Crippen molar-refractivity contribution in [3.63, 3.8) is 0 Å². The summed E-state index contributed by atoms with van der Waals surface area (Å²) in [5.41, 5.74) is 5.88. The largest absolute Gasteiger partial charge is 0.393 e. The Hall–Kier alpha value is -0.640. The Labute approximate surface area is 103 Å². The first-order chi connectivity index (χ1) is 7.32. The summed E-state index contributed by atoms with van der Waals surface area (Å²) in [5.74, 6) is -0.387. The van der Waals surface area contributed by atoms with Gasteiger partial charge in [0.1, 0.15) is 0 Å². The molecule has 0 spiro atoms. The smallest absolute Gasteiger partial charge is 0.229 e. The molecule has 0 heterocycles. The van der Waals surface area contributed by atoms with Gasteiger partial charge in [-0.2, -0.15) is 0 Å². The lowest BCUT2D eigenvalue weighted by Crippen LogP contribution is -2.44. The van der Waals surface area contributed by atoms with Crippen LogP contribution in [0, 0.1) is 11.3 Å². The molecule has 0 saturated heterocycles. The highest BCUT2D eigenvalue weighted by Crippen LogP contribution is 2.34. The van der Waals surface area contributed by atoms with E-state index in [-0.39, 0.29) is 16.8 Å². The molecule has 1 atom stereocenters. The second-order valence-corrected chi connectivity index (χ2v) is 6.04. The Bertz CT molecular complexity index is 279. The van der Waals surface area contributed by atoms with Crippen LogP contribution in [-0.4, -0.2) is 16.9 Å². The first-order valence-electron chi connectivity index (χ1n) is 5.91. The molecule has 0 bridgehead atoms. The molecule has 0 aliphatic heterocycles. The summed E-state index contributed by atoms with van der Waals surface area (Å²) in [6.07, 6.45) is 4.45. The van der Waals surface area contributed by atoms with Crippen LogP contribution in [0.1, 0.15) is 46.5 Å². The van der Waals surface area contributed by atoms with Crippen LogP contribution in [0.15, 0.2) is 0 Å². The standard InChI is InChI=1S/C12H22N2OS/c1-8(10(13)16)11(15)14-9-4-6-12(2,3)7-5-9/h8-9H,4-7H2,1-3H3,(H2,13,16)(H,14,15). The number of hydrogen-bond donors (Lipinski definition) is 2. The van der Waals surface area contributed by atoms with E-state index in [0.717, 1.165) is 12.8 Å². The Kier molecular flexibility index (Phi) is 4.30. The van der Waals surface area contributed by atoms with Gasteiger partial charge in [-0.25, -0.2) is 0 Å². The number of amides is 1. The van der Waals surface area contributed by atoms with Gasteiger partial charge >= 0.3 is 0 Å². The van der Waals surface area contributed by atoms with Crippen LogP contribution >= 0.6 is 12.2 Å². The summed E-state index contributed by atoms with van der Waals surface area (Å²) in [5, 5.41) is 3.03. The van der Waals surface area contributed by atoms with Crippen molar-refractivity contribution in [1.82, 2.24) is 5.32 Å². The maximum Gasteiger partial charge on any atom is 0.229 e. The molecule has 1 aliphatic carbocycles. The number of carbonyl (C=O) groups is 1. The van der Waals surface area contributed by atoms with Crippen LogP contribution in [0.2, 0.25) is 0 Å². The number of hydrogen-bond acceptors (Lipinski definition) is 2. The summed E-state index contributed by atoms with van der Waals surface area (Å²) in [6, 6.07) is 0.303. The predicted molar refractivity (Wildman–Crippen MR) is 70.1 cm³/mol. The molecule has 0 aromatic rings. The van der Waals surface area contributed by atoms with Crippen molar-refractivity contribution < 1.29 is 4.79 Å². The highest BCUT2D eigenvalue weighted by molar-refractivity contribution is 7.80. The Balaban J connectivity index is 2.39. The zero-order chi connectivity index (χ0) is 12.3. The number of rotatable bonds is 3. The Morgan fingerprint density at radius 1 is 1.44 bits per heavy atom. The van der Waals surface area contributed by atoms with Gasteiger partial charge in [0.25, 0.3) is 0 Å². The minimum Gasteiger partial charge on any atom is -0.393 e. The minimum atomic E-state index is -0.357. The van der Waals surface area contributed by atoms with Crippen molar-refractivity contribution >= 4 is 23.1 Å². The average molecular weight is 242 g/mol. The molecule has 1 aliphatic rings. The number of nitrogens with one attached hydrogen (secondary N) is 1. The highest BCUT2D eigenvalue weighted by Gasteiger charge is 2.28. The molecular formula is C12H22N2OS. The van der Waals surface area contributed by atoms with Crippen molar-refractivity contribution in [1.29, 1.82) is 0 Å². The third-order valence-corrected chi connectivity index (χ3v) is 3.86. The van der Waals surface area contributed by atoms with E-state index < -0.39 is 0 Å². The zero-order valence-corrected chi connectivity index (χ0v) is 11.2. The van der Waals surface area contributed by atoms with E-state index in [4.69, 9.17) is 18.0 Å². The second kappa shape index (κ2) is 5.13. The van der Waals surface area contributed by atoms with Gasteiger partial charge in [0.05, 0.1) is 10.9 Å². The van der Waals surface area contributed by atoms with E-state index in [1.165, 1.54) is 12.8 Å². The maximum absolute atomic E-state index is 11.7. The first-order valence-corrected chi connectivity index (χ1v) is 6.32. The van der Waals surface area contributed by atoms with Crippen molar-refractivity contribution in [2.75, 3.05) is 0 Å². The van der Waals surface area contributed by atoms with E-state index in [0.29, 0.717) is 11.5 Å². The first kappa shape index (κ1) is 13.4. The third-order valence-electron chi connectivity index (χ3n) is 3.51. The maximum atomic E-state index is 11.7. The third kappa shape index (κ3) is 3.74. The molecule has 1 saturated carbocycles. The SMILES string of the molecule is CC(C(=O)NC1CCC(C)(C)CC1)C(N)=S. The average Bonchev–Trinajstić information content (AvgIpc) is 2.19. The van der Waals surface area contributed by atoms with E-state index in [9.17, 15) is 4.79 Å². The van der Waals surface area contributed by atoms with Crippen molar-refractivity contribution in [2.45, 2.75) is 52.5 Å². The Morgan fingerprint density at radius 2 is 1.94 bits per heavy atom. The predicted octanol–water partition coefficient (Wildman–Crippen LogP) is 1.99. The molecule has 4 heteroatoms. The van der Waals surface area contributed by atoms with Crippen molar-refractivity contribution in [3.8, 4) is 0 Å². The summed E-state index contributed by atoms with van der Waals surface area (Å²) in [7, 11) is 0. The lowest BCUT2D eigenvalue weighted by Gasteiger charge is -2.35. The fourth-order valence-corrected chi connectivity index (χ4v) is 2.11. The normalized spacial score (nSPS) is 22.4. The van der Waals surface area contributed by atoms with E-state index in [1.54, 1.807) is 6.92 Å². The minimum absolute atomic E-state index is 0.0304. The van der Waals surface area contributed by atoms with E-state index >= 15 is 0 Å². The lowest BCUT2D eigenvalue weighted by molar-refractivity contribution is -0.123. The van der Waals surface area contributed by atoms with Crippen LogP contribution in [0.3, 0.4) is 0 Å². The van der Waals surface area contributed by atoms with Crippen LogP contribution in [0.4, 0.5) is 0 Å². The van der Waals surface area contributed by atoms with Gasteiger partial charge in [-0.3, -0.25) is 4.79 Å². The molecule has 1 rings (SSSR count). The van der Waals surface area contributed by atoms with Crippen LogP contribution in [0.25, 0.3) is 0 Å². The quantitative estimate of drug-likeness (QED) is 0.744. The van der Waals surface area contributed by atoms with Crippen LogP contribution in [0.5, 0.6) is 0 Å². The fraction of sp³-hybridized carbons (Fsp3) is 0.833. The fourth-order valence-electron chi connectivity index (χ4n) is 2.00. The van der Waals surface area contributed by atoms with Gasteiger partial charge in [-0.05, 0) is 38.0 Å². The zero-order valence-electron chi connectivity index (χ0n) is 10.4. The molecule has 0 aromatic heterocycles. The number of carbonyl (C=O) groups excluding carboxylic acids is 1. The van der Waals surface area contributed by atoms with E-state index in [2.05, 4.69) is 19.2 Å². The van der Waals surface area contributed by atoms with Gasteiger partial charge in [-0.1, -0.05) is 26.1 Å². The van der Waals surface area contributed by atoms with Gasteiger partial charge in [0.15, 0.2) is 0 Å². The van der Waals surface area contributed by atoms with E-state index in [1.807, 2.05) is 0 Å². The van der Waals surface area contributed by atoms with Gasteiger partial charge in [0, 0.05) is 6.04 Å². The Morgan fingerprint density at radius 3 is 2.38 bits per heavy atom. The summed E-state index contributed by atoms with van der Waals surface area (Å²) < 4.78 is 0. The lowest BCUT2D eigenvalue weighted by atomic mass is 9.75. The van der Waals surface area contributed by atoms with Crippen LogP contribution in [-0.2, 0) is 4.79 Å². The summed E-state index contributed by atoms with van der Waals surface area (Å²) >= 11 is 4.82. The summed E-state index contributed by atoms with van der Waals surface area (Å²) in [6.45, 7) is 6.32. The molecule has 16 heavy (non-hydrogen) atoms. The molecule has 1 fully saturated rings. The molecule has 0 radical (unpaired) electrons.